The van der Waals surface area contributed by atoms with Gasteiger partial charge < -0.3 is 20.1 Å². The lowest BCUT2D eigenvalue weighted by Gasteiger charge is -2.25. The third-order valence-corrected chi connectivity index (χ3v) is 4.16. The molecule has 7 nitrogen and oxygen atoms in total. The fraction of sp³-hybridized carbons (Fsp3) is 0.211. The number of esters is 1. The van der Waals surface area contributed by atoms with Crippen LogP contribution in [0.3, 0.4) is 0 Å². The number of para-hydroxylation sites is 2. The standard InChI is InChI=1S/C19H16ClFN2O5/c1-10(18(25)22-13-7-6-11(20)8-12(13)21)27-17(24)9-16-19(26)23-14-4-2-3-5-15(14)28-16/h2-8,10,16H,9H2,1H3,(H,22,25)(H,23,26)/t10-,16-/m1/s1. The second-order valence-electron chi connectivity index (χ2n) is 6.04. The van der Waals surface area contributed by atoms with E-state index in [-0.39, 0.29) is 17.1 Å². The summed E-state index contributed by atoms with van der Waals surface area (Å²) in [6, 6.07) is 10.5. The van der Waals surface area contributed by atoms with Crippen molar-refractivity contribution < 1.29 is 28.2 Å². The normalized spacial score (nSPS) is 16.2. The van der Waals surface area contributed by atoms with Gasteiger partial charge in [0, 0.05) is 5.02 Å². The van der Waals surface area contributed by atoms with Gasteiger partial charge in [0.05, 0.1) is 17.8 Å². The topological polar surface area (TPSA) is 93.7 Å². The first kappa shape index (κ1) is 19.6. The highest BCUT2D eigenvalue weighted by molar-refractivity contribution is 6.30. The Morgan fingerprint density at radius 3 is 2.82 bits per heavy atom. The van der Waals surface area contributed by atoms with E-state index in [9.17, 15) is 18.8 Å². The Hall–Kier alpha value is -3.13. The molecule has 1 aliphatic rings. The molecular formula is C19H16ClFN2O5. The maximum atomic E-state index is 13.7. The zero-order valence-electron chi connectivity index (χ0n) is 14.7. The van der Waals surface area contributed by atoms with Gasteiger partial charge in [0.2, 0.25) is 0 Å². The van der Waals surface area contributed by atoms with Crippen molar-refractivity contribution in [1.29, 1.82) is 0 Å². The molecule has 2 aromatic rings. The molecule has 0 aromatic heterocycles. The van der Waals surface area contributed by atoms with E-state index in [0.717, 1.165) is 6.07 Å². The summed E-state index contributed by atoms with van der Waals surface area (Å²) in [6.45, 7) is 1.33. The molecule has 0 fully saturated rings. The summed E-state index contributed by atoms with van der Waals surface area (Å²) in [6.07, 6.45) is -2.67. The number of carbonyl (C=O) groups is 3. The molecule has 2 amide bonds. The molecular weight excluding hydrogens is 391 g/mol. The average Bonchev–Trinajstić information content (AvgIpc) is 2.64. The highest BCUT2D eigenvalue weighted by atomic mass is 35.5. The van der Waals surface area contributed by atoms with E-state index in [0.29, 0.717) is 11.4 Å². The van der Waals surface area contributed by atoms with Crippen molar-refractivity contribution in [3.05, 3.63) is 53.3 Å². The SMILES string of the molecule is C[C@@H](OC(=O)C[C@H]1Oc2ccccc2NC1=O)C(=O)Nc1ccc(Cl)cc1F. The van der Waals surface area contributed by atoms with Crippen LogP contribution in [-0.2, 0) is 19.1 Å². The summed E-state index contributed by atoms with van der Waals surface area (Å²) in [5, 5.41) is 5.12. The van der Waals surface area contributed by atoms with E-state index < -0.39 is 35.8 Å². The molecule has 0 unspecified atom stereocenters. The monoisotopic (exact) mass is 406 g/mol. The first-order valence-corrected chi connectivity index (χ1v) is 8.73. The van der Waals surface area contributed by atoms with Gasteiger partial charge in [0.1, 0.15) is 11.6 Å². The first-order valence-electron chi connectivity index (χ1n) is 8.35. The fourth-order valence-corrected chi connectivity index (χ4v) is 2.66. The van der Waals surface area contributed by atoms with Crippen LogP contribution in [0.1, 0.15) is 13.3 Å². The number of halogens is 2. The van der Waals surface area contributed by atoms with Crippen LogP contribution in [0.5, 0.6) is 5.75 Å². The van der Waals surface area contributed by atoms with Crippen molar-refractivity contribution in [1.82, 2.24) is 0 Å². The second-order valence-corrected chi connectivity index (χ2v) is 6.48. The third-order valence-electron chi connectivity index (χ3n) is 3.93. The summed E-state index contributed by atoms with van der Waals surface area (Å²) in [5.74, 6) is -2.31. The quantitative estimate of drug-likeness (QED) is 0.744. The van der Waals surface area contributed by atoms with Gasteiger partial charge in [0.25, 0.3) is 11.8 Å². The largest absolute Gasteiger partial charge is 0.478 e. The molecule has 0 aliphatic carbocycles. The van der Waals surface area contributed by atoms with Crippen molar-refractivity contribution in [2.45, 2.75) is 25.6 Å². The van der Waals surface area contributed by atoms with E-state index in [1.165, 1.54) is 19.1 Å². The van der Waals surface area contributed by atoms with Gasteiger partial charge in [-0.1, -0.05) is 23.7 Å². The summed E-state index contributed by atoms with van der Waals surface area (Å²) in [7, 11) is 0. The molecule has 3 rings (SSSR count). The van der Waals surface area contributed by atoms with Crippen molar-refractivity contribution in [2.75, 3.05) is 10.6 Å². The number of ether oxygens (including phenoxy) is 2. The number of fused-ring (bicyclic) bond motifs is 1. The number of anilines is 2. The van der Waals surface area contributed by atoms with E-state index in [4.69, 9.17) is 21.1 Å². The van der Waals surface area contributed by atoms with Crippen LogP contribution in [0.4, 0.5) is 15.8 Å². The van der Waals surface area contributed by atoms with Crippen LogP contribution < -0.4 is 15.4 Å². The number of nitrogens with one attached hydrogen (secondary N) is 2. The number of amides is 2. The predicted molar refractivity (Wildman–Crippen MR) is 99.7 cm³/mol. The Kier molecular flexibility index (Phi) is 5.79. The Bertz CT molecular complexity index is 936. The fourth-order valence-electron chi connectivity index (χ4n) is 2.50. The zero-order chi connectivity index (χ0) is 20.3. The average molecular weight is 407 g/mol. The maximum absolute atomic E-state index is 13.7. The molecule has 2 N–H and O–H groups in total. The van der Waals surface area contributed by atoms with Crippen LogP contribution in [0.2, 0.25) is 5.02 Å². The van der Waals surface area contributed by atoms with E-state index in [2.05, 4.69) is 10.6 Å². The van der Waals surface area contributed by atoms with E-state index in [1.807, 2.05) is 0 Å². The lowest BCUT2D eigenvalue weighted by atomic mass is 10.1. The van der Waals surface area contributed by atoms with Gasteiger partial charge in [0.15, 0.2) is 12.2 Å². The van der Waals surface area contributed by atoms with Crippen LogP contribution in [0.15, 0.2) is 42.5 Å². The highest BCUT2D eigenvalue weighted by Crippen LogP contribution is 2.29. The molecule has 2 atom stereocenters. The van der Waals surface area contributed by atoms with Gasteiger partial charge in [-0.3, -0.25) is 14.4 Å². The Labute approximate surface area is 164 Å². The minimum Gasteiger partial charge on any atom is -0.478 e. The van der Waals surface area contributed by atoms with Crippen molar-refractivity contribution in [2.24, 2.45) is 0 Å². The lowest BCUT2D eigenvalue weighted by Crippen LogP contribution is -2.40. The van der Waals surface area contributed by atoms with E-state index in [1.54, 1.807) is 24.3 Å². The van der Waals surface area contributed by atoms with Crippen molar-refractivity contribution >= 4 is 40.8 Å². The highest BCUT2D eigenvalue weighted by Gasteiger charge is 2.31. The predicted octanol–water partition coefficient (Wildman–Crippen LogP) is 3.14. The smallest absolute Gasteiger partial charge is 0.310 e. The van der Waals surface area contributed by atoms with Gasteiger partial charge in [-0.15, -0.1) is 0 Å². The summed E-state index contributed by atoms with van der Waals surface area (Å²) < 4.78 is 24.3. The van der Waals surface area contributed by atoms with Gasteiger partial charge >= 0.3 is 5.97 Å². The maximum Gasteiger partial charge on any atom is 0.310 e. The molecule has 9 heteroatoms. The molecule has 146 valence electrons. The second kappa shape index (κ2) is 8.26. The summed E-state index contributed by atoms with van der Waals surface area (Å²) in [4.78, 5) is 36.2. The molecule has 0 bridgehead atoms. The molecule has 28 heavy (non-hydrogen) atoms. The molecule has 2 aromatic carbocycles. The summed E-state index contributed by atoms with van der Waals surface area (Å²) in [5.41, 5.74) is 0.416. The number of hydrogen-bond donors (Lipinski definition) is 2. The van der Waals surface area contributed by atoms with Crippen LogP contribution in [-0.4, -0.2) is 30.0 Å². The Balaban J connectivity index is 1.55. The van der Waals surface area contributed by atoms with Crippen molar-refractivity contribution in [3.8, 4) is 5.75 Å². The minimum atomic E-state index is -1.21. The lowest BCUT2D eigenvalue weighted by molar-refractivity contribution is -0.155. The number of rotatable bonds is 5. The van der Waals surface area contributed by atoms with Gasteiger partial charge in [-0.2, -0.15) is 0 Å². The molecule has 0 spiro atoms. The van der Waals surface area contributed by atoms with Gasteiger partial charge in [-0.25, -0.2) is 4.39 Å². The van der Waals surface area contributed by atoms with Crippen LogP contribution in [0, 0.1) is 5.82 Å². The van der Waals surface area contributed by atoms with Crippen LogP contribution >= 0.6 is 11.6 Å². The molecule has 0 saturated heterocycles. The molecule has 0 radical (unpaired) electrons. The molecule has 0 saturated carbocycles. The zero-order valence-corrected chi connectivity index (χ0v) is 15.5. The molecule has 1 aliphatic heterocycles. The number of hydrogen-bond acceptors (Lipinski definition) is 5. The van der Waals surface area contributed by atoms with Crippen LogP contribution in [0.25, 0.3) is 0 Å². The summed E-state index contributed by atoms with van der Waals surface area (Å²) >= 11 is 5.65. The molecule has 1 heterocycles. The Morgan fingerprint density at radius 1 is 1.32 bits per heavy atom. The van der Waals surface area contributed by atoms with E-state index >= 15 is 0 Å². The van der Waals surface area contributed by atoms with Crippen molar-refractivity contribution in [3.63, 3.8) is 0 Å². The minimum absolute atomic E-state index is 0.0936. The van der Waals surface area contributed by atoms with Gasteiger partial charge in [-0.05, 0) is 37.3 Å². The third kappa shape index (κ3) is 4.58. The first-order chi connectivity index (χ1) is 13.3. The Morgan fingerprint density at radius 2 is 2.07 bits per heavy atom. The number of carbonyl (C=O) groups excluding carboxylic acids is 3. The number of benzene rings is 2.